The molecule has 20 heavy (non-hydrogen) atoms. The number of nitrogens with two attached hydrogens (primary N) is 1. The summed E-state index contributed by atoms with van der Waals surface area (Å²) >= 11 is 0. The highest BCUT2D eigenvalue weighted by Crippen LogP contribution is 2.13. The monoisotopic (exact) mass is 282 g/mol. The molecule has 0 saturated heterocycles. The van der Waals surface area contributed by atoms with Crippen LogP contribution in [0.4, 0.5) is 0 Å². The Morgan fingerprint density at radius 1 is 1.25 bits per heavy atom. The largest absolute Gasteiger partial charge is 0.488 e. The molecular weight excluding hydrogens is 256 g/mol. The SMILES string of the molecule is Cc1ccc(OC(C)COCC(O)CNCCN)cc1. The van der Waals surface area contributed by atoms with Crippen molar-refractivity contribution in [3.8, 4) is 5.75 Å². The van der Waals surface area contributed by atoms with Gasteiger partial charge in [-0.3, -0.25) is 0 Å². The Morgan fingerprint density at radius 2 is 1.95 bits per heavy atom. The van der Waals surface area contributed by atoms with Crippen LogP contribution in [0.15, 0.2) is 24.3 Å². The van der Waals surface area contributed by atoms with Crippen molar-refractivity contribution in [3.05, 3.63) is 29.8 Å². The molecule has 4 N–H and O–H groups in total. The zero-order valence-electron chi connectivity index (χ0n) is 12.3. The van der Waals surface area contributed by atoms with Gasteiger partial charge < -0.3 is 25.6 Å². The van der Waals surface area contributed by atoms with Crippen molar-refractivity contribution < 1.29 is 14.6 Å². The van der Waals surface area contributed by atoms with Crippen molar-refractivity contribution in [2.45, 2.75) is 26.1 Å². The summed E-state index contributed by atoms with van der Waals surface area (Å²) in [6.45, 7) is 6.47. The van der Waals surface area contributed by atoms with Gasteiger partial charge in [0.2, 0.25) is 0 Å². The number of aliphatic hydroxyl groups is 1. The second kappa shape index (κ2) is 9.72. The molecule has 0 aliphatic carbocycles. The van der Waals surface area contributed by atoms with Crippen molar-refractivity contribution >= 4 is 0 Å². The number of aryl methyl sites for hydroxylation is 1. The highest BCUT2D eigenvalue weighted by atomic mass is 16.5. The maximum Gasteiger partial charge on any atom is 0.119 e. The predicted octanol–water partition coefficient (Wildman–Crippen LogP) is 0.688. The van der Waals surface area contributed by atoms with Crippen molar-refractivity contribution in [3.63, 3.8) is 0 Å². The van der Waals surface area contributed by atoms with E-state index in [-0.39, 0.29) is 6.10 Å². The van der Waals surface area contributed by atoms with E-state index in [4.69, 9.17) is 15.2 Å². The third-order valence-electron chi connectivity index (χ3n) is 2.72. The average Bonchev–Trinajstić information content (AvgIpc) is 2.42. The predicted molar refractivity (Wildman–Crippen MR) is 80.0 cm³/mol. The fraction of sp³-hybridized carbons (Fsp3) is 0.600. The van der Waals surface area contributed by atoms with Gasteiger partial charge >= 0.3 is 0 Å². The summed E-state index contributed by atoms with van der Waals surface area (Å²) in [4.78, 5) is 0. The molecule has 1 aromatic rings. The third kappa shape index (κ3) is 7.45. The van der Waals surface area contributed by atoms with Crippen molar-refractivity contribution in [2.24, 2.45) is 5.73 Å². The van der Waals surface area contributed by atoms with E-state index in [1.807, 2.05) is 38.1 Å². The van der Waals surface area contributed by atoms with E-state index in [0.717, 1.165) is 5.75 Å². The quantitative estimate of drug-likeness (QED) is 0.550. The van der Waals surface area contributed by atoms with Gasteiger partial charge in [-0.05, 0) is 26.0 Å². The molecule has 0 aliphatic heterocycles. The van der Waals surface area contributed by atoms with Gasteiger partial charge in [-0.1, -0.05) is 17.7 Å². The highest BCUT2D eigenvalue weighted by molar-refractivity contribution is 5.26. The number of benzene rings is 1. The summed E-state index contributed by atoms with van der Waals surface area (Å²) in [6.07, 6.45) is -0.574. The van der Waals surface area contributed by atoms with Gasteiger partial charge in [0.05, 0.1) is 19.3 Å². The lowest BCUT2D eigenvalue weighted by Crippen LogP contribution is -2.34. The molecule has 5 nitrogen and oxygen atoms in total. The minimum absolute atomic E-state index is 0.0538. The molecule has 0 spiro atoms. The molecule has 0 aromatic heterocycles. The molecule has 0 saturated carbocycles. The minimum atomic E-state index is -0.520. The molecule has 1 rings (SSSR count). The number of nitrogens with one attached hydrogen (secondary N) is 1. The molecule has 0 amide bonds. The Labute approximate surface area is 121 Å². The van der Waals surface area contributed by atoms with Gasteiger partial charge in [0, 0.05) is 19.6 Å². The molecule has 2 atom stereocenters. The fourth-order valence-corrected chi connectivity index (χ4v) is 1.68. The van der Waals surface area contributed by atoms with E-state index in [0.29, 0.717) is 32.8 Å². The third-order valence-corrected chi connectivity index (χ3v) is 2.72. The van der Waals surface area contributed by atoms with E-state index >= 15 is 0 Å². The van der Waals surface area contributed by atoms with E-state index < -0.39 is 6.10 Å². The van der Waals surface area contributed by atoms with Crippen LogP contribution in [0, 0.1) is 6.92 Å². The van der Waals surface area contributed by atoms with Gasteiger partial charge in [0.1, 0.15) is 11.9 Å². The average molecular weight is 282 g/mol. The van der Waals surface area contributed by atoms with Gasteiger partial charge in [0.15, 0.2) is 0 Å². The van der Waals surface area contributed by atoms with Crippen LogP contribution in [0.2, 0.25) is 0 Å². The van der Waals surface area contributed by atoms with Gasteiger partial charge in [-0.2, -0.15) is 0 Å². The number of aliphatic hydroxyl groups excluding tert-OH is 1. The van der Waals surface area contributed by atoms with Crippen LogP contribution in [0.5, 0.6) is 5.75 Å². The van der Waals surface area contributed by atoms with Crippen LogP contribution >= 0.6 is 0 Å². The highest BCUT2D eigenvalue weighted by Gasteiger charge is 2.07. The first-order valence-corrected chi connectivity index (χ1v) is 7.01. The minimum Gasteiger partial charge on any atom is -0.488 e. The zero-order chi connectivity index (χ0) is 14.8. The van der Waals surface area contributed by atoms with Crippen LogP contribution in [0.25, 0.3) is 0 Å². The summed E-state index contributed by atoms with van der Waals surface area (Å²) in [7, 11) is 0. The first-order valence-electron chi connectivity index (χ1n) is 7.01. The maximum absolute atomic E-state index is 9.64. The number of hydrogen-bond acceptors (Lipinski definition) is 5. The molecular formula is C15H26N2O3. The Bertz CT molecular complexity index is 357. The van der Waals surface area contributed by atoms with Crippen molar-refractivity contribution in [1.29, 1.82) is 0 Å². The number of ether oxygens (including phenoxy) is 2. The molecule has 5 heteroatoms. The molecule has 0 fully saturated rings. The Balaban J connectivity index is 2.13. The first-order chi connectivity index (χ1) is 9.61. The molecule has 0 bridgehead atoms. The Hall–Kier alpha value is -1.14. The van der Waals surface area contributed by atoms with Crippen molar-refractivity contribution in [1.82, 2.24) is 5.32 Å². The molecule has 0 heterocycles. The zero-order valence-corrected chi connectivity index (χ0v) is 12.3. The Morgan fingerprint density at radius 3 is 2.60 bits per heavy atom. The summed E-state index contributed by atoms with van der Waals surface area (Å²) in [6, 6.07) is 7.90. The first kappa shape index (κ1) is 16.9. The summed E-state index contributed by atoms with van der Waals surface area (Å²) < 4.78 is 11.1. The molecule has 1 aromatic carbocycles. The lowest BCUT2D eigenvalue weighted by molar-refractivity contribution is 0.00523. The van der Waals surface area contributed by atoms with Gasteiger partial charge in [-0.25, -0.2) is 0 Å². The van der Waals surface area contributed by atoms with Gasteiger partial charge in [0.25, 0.3) is 0 Å². The molecule has 0 aliphatic rings. The second-order valence-electron chi connectivity index (χ2n) is 4.93. The van der Waals surface area contributed by atoms with E-state index in [2.05, 4.69) is 5.32 Å². The summed E-state index contributed by atoms with van der Waals surface area (Å²) in [5.41, 5.74) is 6.55. The van der Waals surface area contributed by atoms with Crippen molar-refractivity contribution in [2.75, 3.05) is 32.8 Å². The lowest BCUT2D eigenvalue weighted by atomic mass is 10.2. The molecule has 114 valence electrons. The molecule has 2 unspecified atom stereocenters. The number of rotatable bonds is 10. The van der Waals surface area contributed by atoms with Crippen LogP contribution in [0.1, 0.15) is 12.5 Å². The van der Waals surface area contributed by atoms with Crippen LogP contribution < -0.4 is 15.8 Å². The summed E-state index contributed by atoms with van der Waals surface area (Å²) in [5, 5.41) is 12.7. The fourth-order valence-electron chi connectivity index (χ4n) is 1.68. The van der Waals surface area contributed by atoms with E-state index in [1.54, 1.807) is 0 Å². The standard InChI is InChI=1S/C15H26N2O3/c1-12-3-5-15(6-4-12)20-13(2)10-19-11-14(18)9-17-8-7-16/h3-6,13-14,17-18H,7-11,16H2,1-2H3. The normalized spacial score (nSPS) is 14.0. The maximum atomic E-state index is 9.64. The summed E-state index contributed by atoms with van der Waals surface area (Å²) in [5.74, 6) is 0.830. The van der Waals surface area contributed by atoms with Gasteiger partial charge in [-0.15, -0.1) is 0 Å². The number of hydrogen-bond donors (Lipinski definition) is 3. The van der Waals surface area contributed by atoms with E-state index in [1.165, 1.54) is 5.56 Å². The van der Waals surface area contributed by atoms with Crippen LogP contribution in [-0.4, -0.2) is 50.2 Å². The second-order valence-corrected chi connectivity index (χ2v) is 4.93. The Kier molecular flexibility index (Phi) is 8.22. The lowest BCUT2D eigenvalue weighted by Gasteiger charge is -2.17. The topological polar surface area (TPSA) is 76.7 Å². The van der Waals surface area contributed by atoms with E-state index in [9.17, 15) is 5.11 Å². The van der Waals surface area contributed by atoms with Crippen LogP contribution in [-0.2, 0) is 4.74 Å². The molecule has 0 radical (unpaired) electrons. The van der Waals surface area contributed by atoms with Crippen LogP contribution in [0.3, 0.4) is 0 Å². The smallest absolute Gasteiger partial charge is 0.119 e.